The standard InChI is InChI=1S/C17H19F2N3O3/c1-10-12(2-5-24-10)17-20-16(21-25-17)11-8-13(18)15(14(19)9-11)22-3-6-23-7-4-22/h8-10,12H,2-7H2,1H3. The van der Waals surface area contributed by atoms with Gasteiger partial charge in [0.1, 0.15) is 17.3 Å². The lowest BCUT2D eigenvalue weighted by Gasteiger charge is -2.29. The Balaban J connectivity index is 1.62. The number of aromatic nitrogens is 2. The zero-order valence-corrected chi connectivity index (χ0v) is 13.9. The summed E-state index contributed by atoms with van der Waals surface area (Å²) in [7, 11) is 0. The van der Waals surface area contributed by atoms with E-state index in [1.165, 1.54) is 12.1 Å². The summed E-state index contributed by atoms with van der Waals surface area (Å²) in [6.07, 6.45) is 0.784. The van der Waals surface area contributed by atoms with Crippen molar-refractivity contribution >= 4 is 5.69 Å². The average Bonchev–Trinajstić information content (AvgIpc) is 3.24. The molecule has 0 amide bonds. The number of benzene rings is 1. The Morgan fingerprint density at radius 3 is 2.48 bits per heavy atom. The number of anilines is 1. The van der Waals surface area contributed by atoms with Gasteiger partial charge in [-0.15, -0.1) is 0 Å². The van der Waals surface area contributed by atoms with E-state index in [0.29, 0.717) is 38.8 Å². The summed E-state index contributed by atoms with van der Waals surface area (Å²) in [6, 6.07) is 2.49. The third-order valence-corrected chi connectivity index (χ3v) is 4.74. The molecule has 1 aromatic heterocycles. The highest BCUT2D eigenvalue weighted by molar-refractivity contribution is 5.62. The molecule has 0 aliphatic carbocycles. The van der Waals surface area contributed by atoms with E-state index in [-0.39, 0.29) is 29.1 Å². The predicted octanol–water partition coefficient (Wildman–Crippen LogP) is 2.74. The Bertz CT molecular complexity index is 738. The fourth-order valence-corrected chi connectivity index (χ4v) is 3.34. The zero-order valence-electron chi connectivity index (χ0n) is 13.9. The summed E-state index contributed by atoms with van der Waals surface area (Å²) in [6.45, 7) is 4.41. The van der Waals surface area contributed by atoms with Crippen molar-refractivity contribution in [2.24, 2.45) is 0 Å². The minimum Gasteiger partial charge on any atom is -0.378 e. The lowest BCUT2D eigenvalue weighted by molar-refractivity contribution is 0.113. The summed E-state index contributed by atoms with van der Waals surface area (Å²) in [5.41, 5.74) is 0.224. The number of nitrogens with zero attached hydrogens (tertiary/aromatic N) is 3. The van der Waals surface area contributed by atoms with E-state index in [9.17, 15) is 8.78 Å². The third-order valence-electron chi connectivity index (χ3n) is 4.74. The van der Waals surface area contributed by atoms with Crippen LogP contribution < -0.4 is 4.90 Å². The Morgan fingerprint density at radius 2 is 1.84 bits per heavy atom. The van der Waals surface area contributed by atoms with Gasteiger partial charge in [-0.1, -0.05) is 5.16 Å². The molecule has 25 heavy (non-hydrogen) atoms. The SMILES string of the molecule is CC1OCCC1c1nc(-c2cc(F)c(N3CCOCC3)c(F)c2)no1. The van der Waals surface area contributed by atoms with Crippen molar-refractivity contribution < 1.29 is 22.8 Å². The summed E-state index contributed by atoms with van der Waals surface area (Å²) in [5, 5.41) is 3.88. The monoisotopic (exact) mass is 351 g/mol. The van der Waals surface area contributed by atoms with Crippen LogP contribution in [-0.2, 0) is 9.47 Å². The molecule has 2 fully saturated rings. The van der Waals surface area contributed by atoms with Gasteiger partial charge in [-0.05, 0) is 25.5 Å². The number of halogens is 2. The number of ether oxygens (including phenoxy) is 2. The van der Waals surface area contributed by atoms with E-state index < -0.39 is 11.6 Å². The van der Waals surface area contributed by atoms with Crippen LogP contribution in [-0.4, -0.2) is 49.2 Å². The Kier molecular flexibility index (Phi) is 4.39. The second-order valence-electron chi connectivity index (χ2n) is 6.32. The molecule has 2 saturated heterocycles. The average molecular weight is 351 g/mol. The van der Waals surface area contributed by atoms with Crippen LogP contribution in [0.3, 0.4) is 0 Å². The summed E-state index contributed by atoms with van der Waals surface area (Å²) in [4.78, 5) is 5.96. The largest absolute Gasteiger partial charge is 0.378 e. The van der Waals surface area contributed by atoms with E-state index in [1.54, 1.807) is 4.90 Å². The molecule has 8 heteroatoms. The maximum Gasteiger partial charge on any atom is 0.232 e. The lowest BCUT2D eigenvalue weighted by atomic mass is 10.0. The predicted molar refractivity (Wildman–Crippen MR) is 85.5 cm³/mol. The van der Waals surface area contributed by atoms with Crippen LogP contribution in [0, 0.1) is 11.6 Å². The van der Waals surface area contributed by atoms with Crippen LogP contribution in [0.4, 0.5) is 14.5 Å². The topological polar surface area (TPSA) is 60.6 Å². The van der Waals surface area contributed by atoms with Gasteiger partial charge >= 0.3 is 0 Å². The molecule has 0 saturated carbocycles. The van der Waals surface area contributed by atoms with Gasteiger partial charge in [-0.3, -0.25) is 0 Å². The summed E-state index contributed by atoms with van der Waals surface area (Å²) >= 11 is 0. The summed E-state index contributed by atoms with van der Waals surface area (Å²) < 4.78 is 45.0. The molecule has 2 atom stereocenters. The lowest BCUT2D eigenvalue weighted by Crippen LogP contribution is -2.37. The van der Waals surface area contributed by atoms with Gasteiger partial charge in [0.25, 0.3) is 0 Å². The van der Waals surface area contributed by atoms with Crippen molar-refractivity contribution in [1.82, 2.24) is 10.1 Å². The van der Waals surface area contributed by atoms with E-state index in [0.717, 1.165) is 6.42 Å². The van der Waals surface area contributed by atoms with Crippen LogP contribution in [0.5, 0.6) is 0 Å². The maximum absolute atomic E-state index is 14.5. The van der Waals surface area contributed by atoms with Crippen LogP contribution >= 0.6 is 0 Å². The van der Waals surface area contributed by atoms with Gasteiger partial charge in [0, 0.05) is 25.3 Å². The van der Waals surface area contributed by atoms with Gasteiger partial charge in [0.2, 0.25) is 11.7 Å². The molecular weight excluding hydrogens is 332 g/mol. The number of rotatable bonds is 3. The smallest absolute Gasteiger partial charge is 0.232 e. The number of hydrogen-bond donors (Lipinski definition) is 0. The van der Waals surface area contributed by atoms with Crippen LogP contribution in [0.25, 0.3) is 11.4 Å². The molecule has 2 aliphatic rings. The highest BCUT2D eigenvalue weighted by Crippen LogP contribution is 2.33. The molecule has 3 heterocycles. The molecule has 1 aromatic carbocycles. The van der Waals surface area contributed by atoms with Gasteiger partial charge in [-0.25, -0.2) is 8.78 Å². The second-order valence-corrected chi connectivity index (χ2v) is 6.32. The van der Waals surface area contributed by atoms with E-state index in [1.807, 2.05) is 6.92 Å². The molecule has 4 rings (SSSR count). The van der Waals surface area contributed by atoms with Crippen molar-refractivity contribution in [3.05, 3.63) is 29.7 Å². The van der Waals surface area contributed by atoms with Crippen molar-refractivity contribution in [2.75, 3.05) is 37.8 Å². The molecule has 0 N–H and O–H groups in total. The van der Waals surface area contributed by atoms with Crippen molar-refractivity contribution in [3.8, 4) is 11.4 Å². The first-order valence-corrected chi connectivity index (χ1v) is 8.41. The molecular formula is C17H19F2N3O3. The molecule has 2 unspecified atom stereocenters. The third kappa shape index (κ3) is 3.11. The minimum absolute atomic E-state index is 0.00883. The van der Waals surface area contributed by atoms with Crippen molar-refractivity contribution in [2.45, 2.75) is 25.4 Å². The van der Waals surface area contributed by atoms with Crippen LogP contribution in [0.1, 0.15) is 25.2 Å². The molecule has 2 aromatic rings. The number of morpholine rings is 1. The minimum atomic E-state index is -0.638. The van der Waals surface area contributed by atoms with Gasteiger partial charge in [-0.2, -0.15) is 4.98 Å². The van der Waals surface area contributed by atoms with Crippen molar-refractivity contribution in [1.29, 1.82) is 0 Å². The van der Waals surface area contributed by atoms with E-state index in [2.05, 4.69) is 10.1 Å². The quantitative estimate of drug-likeness (QED) is 0.847. The van der Waals surface area contributed by atoms with Crippen LogP contribution in [0.2, 0.25) is 0 Å². The normalized spacial score (nSPS) is 24.0. The molecule has 6 nitrogen and oxygen atoms in total. The second kappa shape index (κ2) is 6.68. The van der Waals surface area contributed by atoms with E-state index in [4.69, 9.17) is 14.0 Å². The Morgan fingerprint density at radius 1 is 1.12 bits per heavy atom. The number of hydrogen-bond acceptors (Lipinski definition) is 6. The molecule has 0 bridgehead atoms. The molecule has 0 spiro atoms. The highest BCUT2D eigenvalue weighted by atomic mass is 19.1. The fourth-order valence-electron chi connectivity index (χ4n) is 3.34. The first kappa shape index (κ1) is 16.4. The molecule has 2 aliphatic heterocycles. The Labute approximate surface area is 143 Å². The van der Waals surface area contributed by atoms with Gasteiger partial charge in [0.15, 0.2) is 0 Å². The molecule has 134 valence electrons. The first-order valence-electron chi connectivity index (χ1n) is 8.41. The zero-order chi connectivity index (χ0) is 17.4. The fraction of sp³-hybridized carbons (Fsp3) is 0.529. The van der Waals surface area contributed by atoms with Gasteiger partial charge < -0.3 is 18.9 Å². The van der Waals surface area contributed by atoms with Crippen LogP contribution in [0.15, 0.2) is 16.7 Å². The highest BCUT2D eigenvalue weighted by Gasteiger charge is 2.31. The maximum atomic E-state index is 14.5. The summed E-state index contributed by atoms with van der Waals surface area (Å²) in [5.74, 6) is -0.635. The van der Waals surface area contributed by atoms with Crippen molar-refractivity contribution in [3.63, 3.8) is 0 Å². The van der Waals surface area contributed by atoms with E-state index >= 15 is 0 Å². The molecule has 0 radical (unpaired) electrons. The first-order chi connectivity index (χ1) is 12.1. The van der Waals surface area contributed by atoms with Gasteiger partial charge in [0.05, 0.1) is 25.2 Å². The Hall–Kier alpha value is -2.06.